The third-order valence-corrected chi connectivity index (χ3v) is 13.0. The van der Waals surface area contributed by atoms with Gasteiger partial charge in [-0.05, 0) is 91.0 Å². The summed E-state index contributed by atoms with van der Waals surface area (Å²) in [6.07, 6.45) is 0. The Labute approximate surface area is 347 Å². The van der Waals surface area contributed by atoms with Crippen LogP contribution in [0.1, 0.15) is 47.2 Å². The summed E-state index contributed by atoms with van der Waals surface area (Å²) in [5.74, 6) is 0. The Hall–Kier alpha value is -7.22. The predicted molar refractivity (Wildman–Crippen MR) is 247 cm³/mol. The number of para-hydroxylation sites is 1. The van der Waals surface area contributed by atoms with Crippen LogP contribution in [0.25, 0.3) is 44.5 Å². The fraction of sp³-hybridized carbons (Fsp3) is 0.0690. The van der Waals surface area contributed by atoms with E-state index < -0.39 is 5.41 Å². The number of anilines is 3. The van der Waals surface area contributed by atoms with E-state index in [0.29, 0.717) is 0 Å². The maximum Gasteiger partial charge on any atom is 0.0713 e. The highest BCUT2D eigenvalue weighted by Crippen LogP contribution is 2.59. The molecule has 0 saturated carbocycles. The molecular formula is C58H43N. The summed E-state index contributed by atoms with van der Waals surface area (Å²) in [6.45, 7) is 4.74. The Kier molecular flexibility index (Phi) is 8.13. The second-order valence-corrected chi connectivity index (χ2v) is 16.4. The molecule has 0 aliphatic heterocycles. The van der Waals surface area contributed by atoms with Gasteiger partial charge in [-0.2, -0.15) is 0 Å². The van der Waals surface area contributed by atoms with E-state index in [-0.39, 0.29) is 5.41 Å². The van der Waals surface area contributed by atoms with Gasteiger partial charge in [-0.3, -0.25) is 0 Å². The summed E-state index contributed by atoms with van der Waals surface area (Å²) >= 11 is 0. The minimum atomic E-state index is -0.465. The molecule has 0 bridgehead atoms. The smallest absolute Gasteiger partial charge is 0.0713 e. The molecule has 0 heterocycles. The Morgan fingerprint density at radius 2 is 0.814 bits per heavy atom. The zero-order valence-corrected chi connectivity index (χ0v) is 33.3. The maximum atomic E-state index is 2.53. The molecule has 0 fully saturated rings. The van der Waals surface area contributed by atoms with Crippen molar-refractivity contribution in [3.8, 4) is 44.5 Å². The van der Waals surface area contributed by atoms with Crippen molar-refractivity contribution in [1.29, 1.82) is 0 Å². The molecule has 0 atom stereocenters. The van der Waals surface area contributed by atoms with Crippen molar-refractivity contribution in [2.45, 2.75) is 24.7 Å². The molecule has 0 aromatic heterocycles. The Morgan fingerprint density at radius 1 is 0.322 bits per heavy atom. The van der Waals surface area contributed by atoms with Crippen molar-refractivity contribution in [1.82, 2.24) is 0 Å². The van der Waals surface area contributed by atoms with Crippen molar-refractivity contribution in [3.05, 3.63) is 258 Å². The number of hydrogen-bond donors (Lipinski definition) is 0. The van der Waals surface area contributed by atoms with Crippen LogP contribution in [0.15, 0.2) is 224 Å². The molecule has 9 aromatic carbocycles. The average Bonchev–Trinajstić information content (AvgIpc) is 3.73. The highest BCUT2D eigenvalue weighted by atomic mass is 15.1. The molecule has 0 unspecified atom stereocenters. The number of nitrogens with zero attached hydrogens (tertiary/aromatic N) is 1. The van der Waals surface area contributed by atoms with Crippen LogP contribution in [0.5, 0.6) is 0 Å². The van der Waals surface area contributed by atoms with Crippen molar-refractivity contribution >= 4 is 17.1 Å². The van der Waals surface area contributed by atoms with Crippen LogP contribution in [-0.4, -0.2) is 0 Å². The first kappa shape index (κ1) is 35.0. The van der Waals surface area contributed by atoms with Gasteiger partial charge >= 0.3 is 0 Å². The topological polar surface area (TPSA) is 3.24 Å². The van der Waals surface area contributed by atoms with E-state index in [2.05, 4.69) is 243 Å². The van der Waals surface area contributed by atoms with Gasteiger partial charge in [0, 0.05) is 22.2 Å². The molecule has 9 aromatic rings. The lowest BCUT2D eigenvalue weighted by Gasteiger charge is -2.34. The lowest BCUT2D eigenvalue weighted by atomic mass is 9.68. The summed E-state index contributed by atoms with van der Waals surface area (Å²) in [4.78, 5) is 2.53. The summed E-state index contributed by atoms with van der Waals surface area (Å²) in [6, 6.07) is 82.9. The quantitative estimate of drug-likeness (QED) is 0.157. The summed E-state index contributed by atoms with van der Waals surface area (Å²) < 4.78 is 0. The first-order valence-electron chi connectivity index (χ1n) is 20.7. The zero-order chi connectivity index (χ0) is 39.6. The van der Waals surface area contributed by atoms with Crippen molar-refractivity contribution in [3.63, 3.8) is 0 Å². The number of hydrogen-bond acceptors (Lipinski definition) is 1. The monoisotopic (exact) mass is 753 g/mol. The molecule has 0 N–H and O–H groups in total. The largest absolute Gasteiger partial charge is 0.309 e. The third-order valence-electron chi connectivity index (χ3n) is 13.0. The first-order valence-corrected chi connectivity index (χ1v) is 20.7. The van der Waals surface area contributed by atoms with E-state index in [0.717, 1.165) is 11.4 Å². The maximum absolute atomic E-state index is 2.53. The normalized spacial score (nSPS) is 13.9. The molecule has 280 valence electrons. The second-order valence-electron chi connectivity index (χ2n) is 16.4. The van der Waals surface area contributed by atoms with Gasteiger partial charge in [0.15, 0.2) is 0 Å². The molecule has 2 aliphatic carbocycles. The SMILES string of the molecule is CC1(C)c2ccccc2-c2c(N(c3ccc4c(c3)-c3ccccc3C4(c3ccccc3)c3ccccc3)c3ccccc3-c3ccc(-c4ccccc4)cc3)cccc21. The Morgan fingerprint density at radius 3 is 1.51 bits per heavy atom. The van der Waals surface area contributed by atoms with Crippen LogP contribution in [0.3, 0.4) is 0 Å². The van der Waals surface area contributed by atoms with E-state index in [1.807, 2.05) is 0 Å². The highest BCUT2D eigenvalue weighted by molar-refractivity contribution is 5.99. The van der Waals surface area contributed by atoms with Crippen LogP contribution in [0.2, 0.25) is 0 Å². The average molecular weight is 754 g/mol. The van der Waals surface area contributed by atoms with E-state index in [4.69, 9.17) is 0 Å². The molecule has 11 rings (SSSR count). The van der Waals surface area contributed by atoms with Crippen LogP contribution in [0.4, 0.5) is 17.1 Å². The molecule has 2 aliphatic rings. The zero-order valence-electron chi connectivity index (χ0n) is 33.3. The Balaban J connectivity index is 1.17. The minimum absolute atomic E-state index is 0.137. The fourth-order valence-electron chi connectivity index (χ4n) is 10.3. The van der Waals surface area contributed by atoms with Gasteiger partial charge in [0.05, 0.1) is 16.8 Å². The van der Waals surface area contributed by atoms with E-state index >= 15 is 0 Å². The second kappa shape index (κ2) is 13.7. The molecule has 0 saturated heterocycles. The van der Waals surface area contributed by atoms with E-state index in [1.54, 1.807) is 0 Å². The Bertz CT molecular complexity index is 2960. The summed E-state index contributed by atoms with van der Waals surface area (Å²) in [5, 5.41) is 0. The van der Waals surface area contributed by atoms with Crippen molar-refractivity contribution in [2.75, 3.05) is 4.90 Å². The summed E-state index contributed by atoms with van der Waals surface area (Å²) in [7, 11) is 0. The van der Waals surface area contributed by atoms with Gasteiger partial charge in [0.25, 0.3) is 0 Å². The minimum Gasteiger partial charge on any atom is -0.309 e. The number of rotatable bonds is 7. The fourth-order valence-corrected chi connectivity index (χ4v) is 10.3. The predicted octanol–water partition coefficient (Wildman–Crippen LogP) is 15.2. The van der Waals surface area contributed by atoms with E-state index in [9.17, 15) is 0 Å². The standard InChI is InChI=1S/C58H43N/c1-57(2)50-28-15-13-27-48(50)56-53(57)30-18-32-55(56)59(54-31-17-14-25-46(54)42-35-33-41(34-36-42)40-19-6-3-7-20-40)45-37-38-52-49(39-45)47-26-12-16-29-51(47)58(52,43-21-8-4-9-22-43)44-23-10-5-11-24-44/h3-39H,1-2H3. The lowest BCUT2D eigenvalue weighted by molar-refractivity contribution is 0.660. The molecule has 1 nitrogen and oxygen atoms in total. The van der Waals surface area contributed by atoms with Gasteiger partial charge in [0.2, 0.25) is 0 Å². The molecule has 59 heavy (non-hydrogen) atoms. The van der Waals surface area contributed by atoms with E-state index in [1.165, 1.54) is 83.6 Å². The molecule has 1 heteroatoms. The lowest BCUT2D eigenvalue weighted by Crippen LogP contribution is -2.28. The summed E-state index contributed by atoms with van der Waals surface area (Å²) in [5.41, 5.74) is 20.6. The van der Waals surface area contributed by atoms with Gasteiger partial charge in [-0.15, -0.1) is 0 Å². The van der Waals surface area contributed by atoms with Crippen LogP contribution < -0.4 is 4.90 Å². The van der Waals surface area contributed by atoms with Gasteiger partial charge in [-0.1, -0.05) is 214 Å². The van der Waals surface area contributed by atoms with Crippen LogP contribution in [0, 0.1) is 0 Å². The molecular weight excluding hydrogens is 711 g/mol. The van der Waals surface area contributed by atoms with Gasteiger partial charge < -0.3 is 4.90 Å². The van der Waals surface area contributed by atoms with Crippen molar-refractivity contribution < 1.29 is 0 Å². The number of benzene rings is 9. The molecule has 0 amide bonds. The third kappa shape index (κ3) is 5.31. The molecule has 0 radical (unpaired) electrons. The van der Waals surface area contributed by atoms with Crippen LogP contribution >= 0.6 is 0 Å². The van der Waals surface area contributed by atoms with Gasteiger partial charge in [-0.25, -0.2) is 0 Å². The first-order chi connectivity index (χ1) is 29.0. The van der Waals surface area contributed by atoms with Crippen molar-refractivity contribution in [2.24, 2.45) is 0 Å². The molecule has 0 spiro atoms. The van der Waals surface area contributed by atoms with Gasteiger partial charge in [0.1, 0.15) is 0 Å². The number of fused-ring (bicyclic) bond motifs is 6. The highest BCUT2D eigenvalue weighted by Gasteiger charge is 2.46. The van der Waals surface area contributed by atoms with Crippen LogP contribution in [-0.2, 0) is 10.8 Å².